The molecule has 1 aliphatic rings. The molecule has 4 nitrogen and oxygen atoms in total. The van der Waals surface area contributed by atoms with Crippen LogP contribution < -0.4 is 4.72 Å². The minimum Gasteiger partial charge on any atom is -0.246 e. The van der Waals surface area contributed by atoms with Crippen LogP contribution in [0.2, 0.25) is 0 Å². The van der Waals surface area contributed by atoms with Crippen molar-refractivity contribution >= 4 is 32.9 Å². The molecule has 1 fully saturated rings. The van der Waals surface area contributed by atoms with Gasteiger partial charge in [0, 0.05) is 42.0 Å². The van der Waals surface area contributed by atoms with Gasteiger partial charge in [-0.05, 0) is 31.9 Å². The molecular weight excluding hydrogens is 363 g/mol. The molecule has 0 amide bonds. The van der Waals surface area contributed by atoms with Gasteiger partial charge in [0.1, 0.15) is 0 Å². The second-order valence-corrected chi connectivity index (χ2v) is 7.72. The van der Waals surface area contributed by atoms with Crippen molar-refractivity contribution in [1.82, 2.24) is 7.84 Å². The van der Waals surface area contributed by atoms with Crippen LogP contribution in [0.4, 0.5) is 0 Å². The number of aryl methyl sites for hydroxylation is 1. The summed E-state index contributed by atoms with van der Waals surface area (Å²) in [4.78, 5) is 0.346. The van der Waals surface area contributed by atoms with E-state index in [1.807, 2.05) is 19.1 Å². The highest BCUT2D eigenvalue weighted by Crippen LogP contribution is 2.17. The van der Waals surface area contributed by atoms with Crippen molar-refractivity contribution < 1.29 is 8.42 Å². The molecule has 1 saturated heterocycles. The molecule has 1 aromatic carbocycles. The van der Waals surface area contributed by atoms with Gasteiger partial charge in [0.2, 0.25) is 10.0 Å². The van der Waals surface area contributed by atoms with Crippen LogP contribution >= 0.6 is 22.9 Å². The number of rotatable bonds is 3. The molecule has 0 saturated carbocycles. The molecule has 0 unspecified atom stereocenters. The Morgan fingerprint density at radius 1 is 1.33 bits per heavy atom. The monoisotopic (exact) mass is 380 g/mol. The lowest BCUT2D eigenvalue weighted by Crippen LogP contribution is -2.44. The van der Waals surface area contributed by atoms with Gasteiger partial charge in [0.25, 0.3) is 0 Å². The third-order valence-corrected chi connectivity index (χ3v) is 5.44. The molecule has 18 heavy (non-hydrogen) atoms. The Hall–Kier alpha value is -0.180. The first-order valence-electron chi connectivity index (χ1n) is 5.97. The Morgan fingerprint density at radius 3 is 2.61 bits per heavy atom. The van der Waals surface area contributed by atoms with E-state index in [0.29, 0.717) is 4.90 Å². The van der Waals surface area contributed by atoms with Gasteiger partial charge in [-0.15, -0.1) is 0 Å². The maximum atomic E-state index is 12.2. The Bertz CT molecular complexity index is 501. The Morgan fingerprint density at radius 2 is 2.00 bits per heavy atom. The molecule has 0 aliphatic carbocycles. The Balaban J connectivity index is 2.09. The predicted molar refractivity (Wildman–Crippen MR) is 80.1 cm³/mol. The van der Waals surface area contributed by atoms with Gasteiger partial charge in [-0.2, -0.15) is 0 Å². The van der Waals surface area contributed by atoms with Gasteiger partial charge in [0.05, 0.1) is 4.90 Å². The second kappa shape index (κ2) is 5.85. The molecular formula is C12H17IN2O2S. The number of hydrogen-bond acceptors (Lipinski definition) is 3. The van der Waals surface area contributed by atoms with E-state index in [2.05, 4.69) is 30.7 Å². The quantitative estimate of drug-likeness (QED) is 0.646. The number of hydrogen-bond donors (Lipinski definition) is 1. The van der Waals surface area contributed by atoms with Crippen molar-refractivity contribution in [2.45, 2.75) is 30.7 Å². The van der Waals surface area contributed by atoms with Gasteiger partial charge in [-0.3, -0.25) is 0 Å². The molecule has 1 aliphatic heterocycles. The number of piperidine rings is 1. The van der Waals surface area contributed by atoms with Crippen LogP contribution in [-0.4, -0.2) is 30.7 Å². The zero-order valence-corrected chi connectivity index (χ0v) is 13.2. The summed E-state index contributed by atoms with van der Waals surface area (Å²) in [5.74, 6) is 0. The van der Waals surface area contributed by atoms with Crippen LogP contribution in [0.5, 0.6) is 0 Å². The maximum absolute atomic E-state index is 12.2. The van der Waals surface area contributed by atoms with E-state index in [1.165, 1.54) is 0 Å². The number of nitrogens with one attached hydrogen (secondary N) is 1. The number of sulfonamides is 1. The summed E-state index contributed by atoms with van der Waals surface area (Å²) in [7, 11) is -3.38. The lowest BCUT2D eigenvalue weighted by atomic mass is 10.1. The van der Waals surface area contributed by atoms with Crippen molar-refractivity contribution in [1.29, 1.82) is 0 Å². The first-order valence-corrected chi connectivity index (χ1v) is 8.42. The van der Waals surface area contributed by atoms with Crippen LogP contribution in [0.1, 0.15) is 18.4 Å². The zero-order chi connectivity index (χ0) is 13.2. The molecule has 100 valence electrons. The Labute approximate surface area is 122 Å². The average Bonchev–Trinajstić information content (AvgIpc) is 2.29. The number of halogens is 1. The molecule has 1 aromatic rings. The van der Waals surface area contributed by atoms with Gasteiger partial charge >= 0.3 is 0 Å². The van der Waals surface area contributed by atoms with Crippen molar-refractivity contribution in [3.05, 3.63) is 29.8 Å². The molecule has 0 radical (unpaired) electrons. The van der Waals surface area contributed by atoms with E-state index in [-0.39, 0.29) is 6.04 Å². The summed E-state index contributed by atoms with van der Waals surface area (Å²) in [5.41, 5.74) is 1.06. The lowest BCUT2D eigenvalue weighted by molar-refractivity contribution is 0.347. The number of nitrogens with zero attached hydrogens (tertiary/aromatic N) is 1. The third kappa shape index (κ3) is 3.66. The second-order valence-electron chi connectivity index (χ2n) is 4.64. The van der Waals surface area contributed by atoms with E-state index in [1.54, 1.807) is 12.1 Å². The van der Waals surface area contributed by atoms with Crippen LogP contribution in [0.25, 0.3) is 0 Å². The fourth-order valence-electron chi connectivity index (χ4n) is 2.03. The largest absolute Gasteiger partial charge is 0.246 e. The van der Waals surface area contributed by atoms with Crippen LogP contribution in [0, 0.1) is 6.92 Å². The SMILES string of the molecule is Cc1ccc(S(=O)(=O)N[C@@H]2CCCN(I)C2)cc1. The van der Waals surface area contributed by atoms with E-state index < -0.39 is 10.0 Å². The molecule has 0 aromatic heterocycles. The van der Waals surface area contributed by atoms with E-state index in [9.17, 15) is 8.42 Å². The van der Waals surface area contributed by atoms with E-state index >= 15 is 0 Å². The molecule has 1 heterocycles. The molecule has 1 N–H and O–H groups in total. The van der Waals surface area contributed by atoms with Gasteiger partial charge in [-0.1, -0.05) is 17.7 Å². The highest BCUT2D eigenvalue weighted by molar-refractivity contribution is 14.1. The number of benzene rings is 1. The Kier molecular flexibility index (Phi) is 4.63. The standard InChI is InChI=1S/C12H17IN2O2S/c1-10-4-6-12(7-5-10)18(16,17)14-11-3-2-8-15(13)9-11/h4-7,11,14H,2-3,8-9H2,1H3/t11-/m1/s1. The van der Waals surface area contributed by atoms with Gasteiger partial charge in [-0.25, -0.2) is 16.3 Å². The average molecular weight is 380 g/mol. The molecule has 0 spiro atoms. The first kappa shape index (κ1) is 14.2. The van der Waals surface area contributed by atoms with Crippen LogP contribution in [0.15, 0.2) is 29.2 Å². The van der Waals surface area contributed by atoms with Crippen molar-refractivity contribution in [3.8, 4) is 0 Å². The first-order chi connectivity index (χ1) is 8.47. The van der Waals surface area contributed by atoms with Crippen molar-refractivity contribution in [3.63, 3.8) is 0 Å². The minimum absolute atomic E-state index is 0.0157. The summed E-state index contributed by atoms with van der Waals surface area (Å²) in [6, 6.07) is 6.96. The molecule has 0 bridgehead atoms. The minimum atomic E-state index is -3.38. The lowest BCUT2D eigenvalue weighted by Gasteiger charge is -2.28. The highest BCUT2D eigenvalue weighted by atomic mass is 127. The fraction of sp³-hybridized carbons (Fsp3) is 0.500. The predicted octanol–water partition coefficient (Wildman–Crippen LogP) is 2.09. The summed E-state index contributed by atoms with van der Waals surface area (Å²) in [5, 5.41) is 0. The zero-order valence-electron chi connectivity index (χ0n) is 10.3. The van der Waals surface area contributed by atoms with Gasteiger partial charge < -0.3 is 0 Å². The highest BCUT2D eigenvalue weighted by Gasteiger charge is 2.24. The summed E-state index contributed by atoms with van der Waals surface area (Å²) >= 11 is 2.24. The van der Waals surface area contributed by atoms with Crippen molar-refractivity contribution in [2.24, 2.45) is 0 Å². The summed E-state index contributed by atoms with van der Waals surface area (Å²) in [6.45, 7) is 3.74. The molecule has 6 heteroatoms. The smallest absolute Gasteiger partial charge is 0.240 e. The summed E-state index contributed by atoms with van der Waals surface area (Å²) in [6.07, 6.45) is 1.94. The van der Waals surface area contributed by atoms with E-state index in [0.717, 1.165) is 31.5 Å². The maximum Gasteiger partial charge on any atom is 0.240 e. The van der Waals surface area contributed by atoms with E-state index in [4.69, 9.17) is 0 Å². The molecule has 1 atom stereocenters. The van der Waals surface area contributed by atoms with Crippen LogP contribution in [0.3, 0.4) is 0 Å². The van der Waals surface area contributed by atoms with Crippen LogP contribution in [-0.2, 0) is 10.0 Å². The fourth-order valence-corrected chi connectivity index (χ4v) is 4.11. The third-order valence-electron chi connectivity index (χ3n) is 3.02. The summed E-state index contributed by atoms with van der Waals surface area (Å²) < 4.78 is 29.3. The van der Waals surface area contributed by atoms with Gasteiger partial charge in [0.15, 0.2) is 0 Å². The normalized spacial score (nSPS) is 22.0. The van der Waals surface area contributed by atoms with Crippen molar-refractivity contribution in [2.75, 3.05) is 13.1 Å². The topological polar surface area (TPSA) is 49.4 Å². The molecule has 2 rings (SSSR count).